The van der Waals surface area contributed by atoms with Crippen LogP contribution >= 0.6 is 11.6 Å². The van der Waals surface area contributed by atoms with Gasteiger partial charge in [0.15, 0.2) is 0 Å². The summed E-state index contributed by atoms with van der Waals surface area (Å²) in [6, 6.07) is 11.6. The second-order valence-electron chi connectivity index (χ2n) is 12.2. The van der Waals surface area contributed by atoms with Crippen molar-refractivity contribution in [3.63, 3.8) is 0 Å². The summed E-state index contributed by atoms with van der Waals surface area (Å²) in [5.41, 5.74) is 2.99. The van der Waals surface area contributed by atoms with E-state index < -0.39 is 11.0 Å². The van der Waals surface area contributed by atoms with Crippen molar-refractivity contribution in [2.75, 3.05) is 13.1 Å². The van der Waals surface area contributed by atoms with Gasteiger partial charge >= 0.3 is 0 Å². The number of nitrogens with zero attached hydrogens (tertiary/aromatic N) is 1. The molecule has 1 aliphatic heterocycles. The number of carbonyl (C=O) groups is 1. The molecular weight excluding hydrogens is 460 g/mol. The molecule has 184 valence electrons. The summed E-state index contributed by atoms with van der Waals surface area (Å²) in [6.45, 7) is 4.52. The summed E-state index contributed by atoms with van der Waals surface area (Å²) < 4.78 is 0. The SMILES string of the molecule is Cc1c(Cl)cccc1CNC(=O)[C@H]1CC23CC4(Cc5ccc(O)cc52)CN(CC2CC2)[C@H]4C3(O)C1. The quantitative estimate of drug-likeness (QED) is 0.588. The maximum atomic E-state index is 13.5. The molecule has 3 unspecified atom stereocenters. The number of nitrogens with one attached hydrogen (secondary N) is 1. The van der Waals surface area contributed by atoms with E-state index in [9.17, 15) is 15.0 Å². The summed E-state index contributed by atoms with van der Waals surface area (Å²) in [6.07, 6.45) is 5.58. The van der Waals surface area contributed by atoms with Crippen molar-refractivity contribution in [2.24, 2.45) is 17.3 Å². The summed E-state index contributed by atoms with van der Waals surface area (Å²) >= 11 is 6.28. The molecule has 3 N–H and O–H groups in total. The highest BCUT2D eigenvalue weighted by Gasteiger charge is 2.80. The first-order chi connectivity index (χ1) is 16.7. The lowest BCUT2D eigenvalue weighted by molar-refractivity contribution is -0.146. The van der Waals surface area contributed by atoms with Crippen molar-refractivity contribution in [1.29, 1.82) is 0 Å². The van der Waals surface area contributed by atoms with Crippen molar-refractivity contribution < 1.29 is 15.0 Å². The minimum absolute atomic E-state index is 0.00696. The molecule has 5 atom stereocenters. The molecule has 0 radical (unpaired) electrons. The Balaban J connectivity index is 1.21. The van der Waals surface area contributed by atoms with Gasteiger partial charge in [0.1, 0.15) is 5.75 Å². The van der Waals surface area contributed by atoms with Crippen LogP contribution in [0.25, 0.3) is 0 Å². The maximum absolute atomic E-state index is 13.5. The number of aromatic hydroxyl groups is 1. The molecule has 1 saturated heterocycles. The lowest BCUT2D eigenvalue weighted by Gasteiger charge is -2.58. The van der Waals surface area contributed by atoms with Crippen LogP contribution in [0.2, 0.25) is 5.02 Å². The molecule has 2 aromatic carbocycles. The number of amides is 1. The standard InChI is InChI=1S/C29H33ClN2O3/c1-17-20(3-2-4-24(17)30)13-31-25(34)21-11-28-15-27(10-19-7-8-22(33)9-23(19)28)16-32(14-18-5-6-18)26(27)29(28,35)12-21/h2-4,7-9,18,21,26,33,35H,5-6,10-16H2,1H3,(H,31,34)/t21-,26+,27?,28?,29?/m0/s1. The molecule has 0 aromatic heterocycles. The molecule has 5 nitrogen and oxygen atoms in total. The van der Waals surface area contributed by atoms with Gasteiger partial charge in [-0.25, -0.2) is 0 Å². The lowest BCUT2D eigenvalue weighted by Crippen LogP contribution is -2.70. The van der Waals surface area contributed by atoms with Crippen LogP contribution in [0.3, 0.4) is 0 Å². The monoisotopic (exact) mass is 492 g/mol. The molecule has 4 aliphatic carbocycles. The normalized spacial score (nSPS) is 36.8. The highest BCUT2D eigenvalue weighted by Crippen LogP contribution is 2.73. The Morgan fingerprint density at radius 2 is 2.06 bits per heavy atom. The minimum Gasteiger partial charge on any atom is -0.508 e. The molecule has 2 spiro atoms. The molecule has 35 heavy (non-hydrogen) atoms. The second kappa shape index (κ2) is 7.24. The molecule has 6 heteroatoms. The van der Waals surface area contributed by atoms with Gasteiger partial charge in [-0.05, 0) is 91.8 Å². The van der Waals surface area contributed by atoms with Gasteiger partial charge in [-0.2, -0.15) is 0 Å². The molecule has 7 rings (SSSR count). The fourth-order valence-corrected chi connectivity index (χ4v) is 8.81. The zero-order valence-corrected chi connectivity index (χ0v) is 20.9. The Morgan fingerprint density at radius 3 is 2.86 bits per heavy atom. The number of fused-ring (bicyclic) bond motifs is 2. The highest BCUT2D eigenvalue weighted by atomic mass is 35.5. The number of rotatable bonds is 5. The van der Waals surface area contributed by atoms with Crippen LogP contribution in [0.15, 0.2) is 36.4 Å². The summed E-state index contributed by atoms with van der Waals surface area (Å²) in [5, 5.41) is 26.8. The molecule has 3 saturated carbocycles. The molecule has 2 aromatic rings. The van der Waals surface area contributed by atoms with Crippen molar-refractivity contribution in [1.82, 2.24) is 10.2 Å². The third-order valence-electron chi connectivity index (χ3n) is 10.1. The third kappa shape index (κ3) is 2.98. The van der Waals surface area contributed by atoms with Crippen LogP contribution in [-0.2, 0) is 23.2 Å². The predicted molar refractivity (Wildman–Crippen MR) is 134 cm³/mol. The minimum atomic E-state index is -0.951. The lowest BCUT2D eigenvalue weighted by atomic mass is 9.61. The molecule has 1 amide bonds. The smallest absolute Gasteiger partial charge is 0.223 e. The first-order valence-electron chi connectivity index (χ1n) is 13.1. The van der Waals surface area contributed by atoms with Crippen molar-refractivity contribution >= 4 is 17.5 Å². The highest BCUT2D eigenvalue weighted by molar-refractivity contribution is 6.31. The van der Waals surface area contributed by atoms with E-state index in [0.717, 1.165) is 48.5 Å². The number of phenols is 1. The Morgan fingerprint density at radius 1 is 1.23 bits per heavy atom. The van der Waals surface area contributed by atoms with Gasteiger partial charge in [-0.3, -0.25) is 9.69 Å². The Labute approximate surface area is 211 Å². The summed E-state index contributed by atoms with van der Waals surface area (Å²) in [5.74, 6) is 0.761. The van der Waals surface area contributed by atoms with E-state index in [4.69, 9.17) is 11.6 Å². The van der Waals surface area contributed by atoms with Crippen molar-refractivity contribution in [3.05, 3.63) is 63.7 Å². The summed E-state index contributed by atoms with van der Waals surface area (Å²) in [7, 11) is 0. The predicted octanol–water partition coefficient (Wildman–Crippen LogP) is 4.09. The number of phenolic OH excluding ortho intramolecular Hbond substituents is 1. The zero-order valence-electron chi connectivity index (χ0n) is 20.2. The summed E-state index contributed by atoms with van der Waals surface area (Å²) in [4.78, 5) is 16.0. The first kappa shape index (κ1) is 22.1. The average molecular weight is 493 g/mol. The van der Waals surface area contributed by atoms with Crippen LogP contribution < -0.4 is 5.32 Å². The first-order valence-corrected chi connectivity index (χ1v) is 13.4. The van der Waals surface area contributed by atoms with Crippen LogP contribution in [0, 0.1) is 24.2 Å². The van der Waals surface area contributed by atoms with E-state index in [2.05, 4.69) is 16.3 Å². The van der Waals surface area contributed by atoms with Gasteiger partial charge in [0.25, 0.3) is 0 Å². The van der Waals surface area contributed by atoms with Gasteiger partial charge in [0.05, 0.1) is 5.60 Å². The Hall–Kier alpha value is -2.08. The van der Waals surface area contributed by atoms with E-state index in [-0.39, 0.29) is 29.0 Å². The Bertz CT molecular complexity index is 1240. The van der Waals surface area contributed by atoms with E-state index in [0.29, 0.717) is 24.4 Å². The topological polar surface area (TPSA) is 72.8 Å². The van der Waals surface area contributed by atoms with Gasteiger partial charge in [-0.15, -0.1) is 0 Å². The average Bonchev–Trinajstić information content (AvgIpc) is 3.56. The molecule has 5 aliphatic rings. The number of aliphatic hydroxyl groups is 1. The Kier molecular flexibility index (Phi) is 4.58. The second-order valence-corrected chi connectivity index (χ2v) is 12.6. The molecule has 4 fully saturated rings. The molecule has 2 bridgehead atoms. The van der Waals surface area contributed by atoms with Crippen LogP contribution in [-0.4, -0.2) is 45.8 Å². The largest absolute Gasteiger partial charge is 0.508 e. The van der Waals surface area contributed by atoms with Crippen LogP contribution in [0.1, 0.15) is 54.4 Å². The van der Waals surface area contributed by atoms with E-state index in [1.807, 2.05) is 31.2 Å². The van der Waals surface area contributed by atoms with Crippen LogP contribution in [0.4, 0.5) is 0 Å². The third-order valence-corrected chi connectivity index (χ3v) is 10.5. The number of benzene rings is 2. The van der Waals surface area contributed by atoms with E-state index >= 15 is 0 Å². The van der Waals surface area contributed by atoms with Crippen LogP contribution in [0.5, 0.6) is 5.75 Å². The molecule has 1 heterocycles. The fourth-order valence-electron chi connectivity index (χ4n) is 8.61. The van der Waals surface area contributed by atoms with Gasteiger partial charge < -0.3 is 15.5 Å². The zero-order chi connectivity index (χ0) is 24.2. The number of halogens is 1. The van der Waals surface area contributed by atoms with Gasteiger partial charge in [-0.1, -0.05) is 29.8 Å². The maximum Gasteiger partial charge on any atom is 0.223 e. The number of hydrogen-bond acceptors (Lipinski definition) is 4. The van der Waals surface area contributed by atoms with Gasteiger partial charge in [0, 0.05) is 47.4 Å². The number of carbonyl (C=O) groups excluding carboxylic acids is 1. The molecular formula is C29H33ClN2O3. The van der Waals surface area contributed by atoms with E-state index in [1.165, 1.54) is 18.4 Å². The number of hydrogen-bond donors (Lipinski definition) is 3. The fraction of sp³-hybridized carbons (Fsp3) is 0.552. The van der Waals surface area contributed by atoms with Crippen molar-refractivity contribution in [3.8, 4) is 5.75 Å². The number of likely N-dealkylation sites (tertiary alicyclic amines) is 1. The van der Waals surface area contributed by atoms with Crippen molar-refractivity contribution in [2.45, 2.75) is 69.1 Å². The van der Waals surface area contributed by atoms with Gasteiger partial charge in [0.2, 0.25) is 5.91 Å². The van der Waals surface area contributed by atoms with E-state index in [1.54, 1.807) is 6.07 Å².